The highest BCUT2D eigenvalue weighted by molar-refractivity contribution is 6.59. The molecule has 49 valence electrons. The minimum absolute atomic E-state index is 0.0895. The van der Waals surface area contributed by atoms with Crippen molar-refractivity contribution >= 4 is 20.4 Å². The molecule has 0 heterocycles. The second kappa shape index (κ2) is 4.39. The fraction of sp³-hybridized carbons (Fsp3) is 1.00. The molecule has 0 aromatic heterocycles. The summed E-state index contributed by atoms with van der Waals surface area (Å²) in [4.78, 5) is 0. The predicted octanol–water partition coefficient (Wildman–Crippen LogP) is 2.76. The first-order valence-electron chi connectivity index (χ1n) is 3.06. The summed E-state index contributed by atoms with van der Waals surface area (Å²) in [5.41, 5.74) is 0.888. The van der Waals surface area contributed by atoms with Gasteiger partial charge in [-0.05, 0) is 6.04 Å². The van der Waals surface area contributed by atoms with Gasteiger partial charge in [-0.3, -0.25) is 0 Å². The van der Waals surface area contributed by atoms with Gasteiger partial charge in [-0.25, -0.2) is 0 Å². The van der Waals surface area contributed by atoms with Crippen molar-refractivity contribution in [3.05, 3.63) is 0 Å². The number of rotatable bonds is 3. The predicted molar refractivity (Wildman–Crippen MR) is 42.2 cm³/mol. The van der Waals surface area contributed by atoms with Crippen molar-refractivity contribution in [2.24, 2.45) is 0 Å². The fourth-order valence-corrected chi connectivity index (χ4v) is 2.21. The van der Waals surface area contributed by atoms with Crippen LogP contribution < -0.4 is 0 Å². The average Bonchev–Trinajstić information content (AvgIpc) is 1.67. The number of halogens is 1. The van der Waals surface area contributed by atoms with E-state index in [4.69, 9.17) is 11.6 Å². The van der Waals surface area contributed by atoms with Gasteiger partial charge < -0.3 is 0 Å². The monoisotopic (exact) mass is 149 g/mol. The van der Waals surface area contributed by atoms with Crippen LogP contribution >= 0.6 is 11.6 Å². The summed E-state index contributed by atoms with van der Waals surface area (Å²) in [7, 11) is -0.0895. The zero-order valence-corrected chi connectivity index (χ0v) is 7.63. The largest absolute Gasteiger partial charge is 0.127 e. The summed E-state index contributed by atoms with van der Waals surface area (Å²) >= 11 is 5.57. The average molecular weight is 150 g/mol. The molecule has 0 aromatic carbocycles. The lowest BCUT2D eigenvalue weighted by Crippen LogP contribution is -2.11. The molecule has 0 aromatic rings. The third-order valence-electron chi connectivity index (χ3n) is 1.47. The molecule has 0 atom stereocenters. The molecule has 0 unspecified atom stereocenters. The van der Waals surface area contributed by atoms with Crippen LogP contribution in [0.3, 0.4) is 0 Å². The summed E-state index contributed by atoms with van der Waals surface area (Å²) in [6.45, 7) is 6.90. The van der Waals surface area contributed by atoms with Gasteiger partial charge in [0.15, 0.2) is 0 Å². The Kier molecular flexibility index (Phi) is 4.67. The second-order valence-corrected chi connectivity index (χ2v) is 6.17. The minimum Gasteiger partial charge on any atom is -0.127 e. The van der Waals surface area contributed by atoms with E-state index < -0.39 is 0 Å². The van der Waals surface area contributed by atoms with Crippen LogP contribution in [0.2, 0.25) is 18.1 Å². The van der Waals surface area contributed by atoms with Crippen LogP contribution in [0.25, 0.3) is 0 Å². The standard InChI is InChI=1S/C6H14ClSi/c1-6(2)8(3)5-4-7/h6H,4-5H2,1-3H3. The van der Waals surface area contributed by atoms with Crippen molar-refractivity contribution in [2.75, 3.05) is 5.88 Å². The quantitative estimate of drug-likeness (QED) is 0.428. The molecule has 1 radical (unpaired) electrons. The van der Waals surface area contributed by atoms with Gasteiger partial charge in [-0.1, -0.05) is 25.9 Å². The van der Waals surface area contributed by atoms with Gasteiger partial charge in [0.1, 0.15) is 0 Å². The molecule has 0 spiro atoms. The molecule has 0 amide bonds. The minimum atomic E-state index is -0.0895. The van der Waals surface area contributed by atoms with Crippen molar-refractivity contribution < 1.29 is 0 Å². The molecule has 0 aliphatic rings. The summed E-state index contributed by atoms with van der Waals surface area (Å²) in [5, 5.41) is 0. The van der Waals surface area contributed by atoms with E-state index in [0.29, 0.717) is 0 Å². The molecular weight excluding hydrogens is 136 g/mol. The van der Waals surface area contributed by atoms with Crippen LogP contribution in [0.5, 0.6) is 0 Å². The smallest absolute Gasteiger partial charge is 0.0485 e. The lowest BCUT2D eigenvalue weighted by molar-refractivity contribution is 1.02. The molecule has 0 saturated carbocycles. The highest BCUT2D eigenvalue weighted by atomic mass is 35.5. The first kappa shape index (κ1) is 8.51. The van der Waals surface area contributed by atoms with Gasteiger partial charge in [-0.2, -0.15) is 0 Å². The van der Waals surface area contributed by atoms with E-state index in [-0.39, 0.29) is 8.80 Å². The van der Waals surface area contributed by atoms with E-state index in [2.05, 4.69) is 20.4 Å². The second-order valence-electron chi connectivity index (χ2n) is 2.44. The van der Waals surface area contributed by atoms with Crippen molar-refractivity contribution in [1.82, 2.24) is 0 Å². The fourth-order valence-electron chi connectivity index (χ4n) is 0.438. The normalized spacial score (nSPS) is 11.2. The molecule has 0 nitrogen and oxygen atoms in total. The Bertz CT molecular complexity index is 54.5. The maximum atomic E-state index is 5.57. The molecule has 2 heteroatoms. The molecule has 0 rings (SSSR count). The molecular formula is C6H14ClSi. The Morgan fingerprint density at radius 2 is 2.00 bits per heavy atom. The lowest BCUT2D eigenvalue weighted by atomic mass is 10.6. The Balaban J connectivity index is 3.17. The molecule has 0 saturated heterocycles. The highest BCUT2D eigenvalue weighted by Crippen LogP contribution is 2.10. The van der Waals surface area contributed by atoms with Crippen LogP contribution in [0.1, 0.15) is 13.8 Å². The SMILES string of the molecule is CC(C)[Si](C)CCCl. The summed E-state index contributed by atoms with van der Waals surface area (Å²) in [5.74, 6) is 0.850. The van der Waals surface area contributed by atoms with E-state index in [1.54, 1.807) is 0 Å². The molecule has 0 fully saturated rings. The topological polar surface area (TPSA) is 0 Å². The van der Waals surface area contributed by atoms with E-state index in [0.717, 1.165) is 11.4 Å². The van der Waals surface area contributed by atoms with Gasteiger partial charge in [-0.15, -0.1) is 11.6 Å². The van der Waals surface area contributed by atoms with Crippen molar-refractivity contribution in [2.45, 2.75) is 32.0 Å². The van der Waals surface area contributed by atoms with Crippen LogP contribution in [0.15, 0.2) is 0 Å². The van der Waals surface area contributed by atoms with E-state index in [1.807, 2.05) is 0 Å². The van der Waals surface area contributed by atoms with Gasteiger partial charge >= 0.3 is 0 Å². The maximum Gasteiger partial charge on any atom is 0.0485 e. The number of hydrogen-bond donors (Lipinski definition) is 0. The van der Waals surface area contributed by atoms with Crippen LogP contribution in [0.4, 0.5) is 0 Å². The van der Waals surface area contributed by atoms with Crippen LogP contribution in [0, 0.1) is 0 Å². The van der Waals surface area contributed by atoms with E-state index in [9.17, 15) is 0 Å². The molecule has 0 aliphatic heterocycles. The van der Waals surface area contributed by atoms with Gasteiger partial charge in [0.05, 0.1) is 0 Å². The third-order valence-corrected chi connectivity index (χ3v) is 4.99. The number of hydrogen-bond acceptors (Lipinski definition) is 0. The molecule has 0 aliphatic carbocycles. The third kappa shape index (κ3) is 3.50. The molecule has 8 heavy (non-hydrogen) atoms. The van der Waals surface area contributed by atoms with Gasteiger partial charge in [0, 0.05) is 14.7 Å². The Morgan fingerprint density at radius 3 is 2.12 bits per heavy atom. The molecule has 0 N–H and O–H groups in total. The summed E-state index contributed by atoms with van der Waals surface area (Å²) < 4.78 is 0. The summed E-state index contributed by atoms with van der Waals surface area (Å²) in [6, 6.07) is 1.25. The van der Waals surface area contributed by atoms with Gasteiger partial charge in [0.25, 0.3) is 0 Å². The van der Waals surface area contributed by atoms with E-state index >= 15 is 0 Å². The zero-order valence-electron chi connectivity index (χ0n) is 5.87. The first-order valence-corrected chi connectivity index (χ1v) is 5.88. The molecule has 0 bridgehead atoms. The number of alkyl halides is 1. The maximum absolute atomic E-state index is 5.57. The first-order chi connectivity index (χ1) is 3.68. The van der Waals surface area contributed by atoms with Gasteiger partial charge in [0.2, 0.25) is 0 Å². The van der Waals surface area contributed by atoms with Crippen LogP contribution in [-0.4, -0.2) is 14.7 Å². The summed E-state index contributed by atoms with van der Waals surface area (Å²) in [6.07, 6.45) is 0. The Labute approximate surface area is 58.8 Å². The van der Waals surface area contributed by atoms with Crippen molar-refractivity contribution in [1.29, 1.82) is 0 Å². The van der Waals surface area contributed by atoms with E-state index in [1.165, 1.54) is 6.04 Å². The van der Waals surface area contributed by atoms with Crippen molar-refractivity contribution in [3.63, 3.8) is 0 Å². The zero-order chi connectivity index (χ0) is 6.57. The Hall–Kier alpha value is 0.507. The Morgan fingerprint density at radius 1 is 1.50 bits per heavy atom. The van der Waals surface area contributed by atoms with Crippen LogP contribution in [-0.2, 0) is 0 Å². The lowest BCUT2D eigenvalue weighted by Gasteiger charge is -2.09. The highest BCUT2D eigenvalue weighted by Gasteiger charge is 2.06. The van der Waals surface area contributed by atoms with Crippen molar-refractivity contribution in [3.8, 4) is 0 Å².